The van der Waals surface area contributed by atoms with E-state index in [0.717, 1.165) is 25.8 Å². The summed E-state index contributed by atoms with van der Waals surface area (Å²) in [4.78, 5) is 14.7. The fourth-order valence-electron chi connectivity index (χ4n) is 3.40. The van der Waals surface area contributed by atoms with Crippen molar-refractivity contribution < 1.29 is 4.79 Å². The molecule has 0 aromatic heterocycles. The Kier molecular flexibility index (Phi) is 4.08. The van der Waals surface area contributed by atoms with Crippen LogP contribution < -0.4 is 5.73 Å². The Morgan fingerprint density at radius 3 is 2.59 bits per heavy atom. The normalized spacial score (nSPS) is 34.4. The summed E-state index contributed by atoms with van der Waals surface area (Å²) in [7, 11) is 0. The van der Waals surface area contributed by atoms with Crippen molar-refractivity contribution in [3.05, 3.63) is 0 Å². The van der Waals surface area contributed by atoms with Gasteiger partial charge in [-0.1, -0.05) is 13.8 Å². The molecule has 0 aromatic carbocycles. The van der Waals surface area contributed by atoms with Gasteiger partial charge in [0.2, 0.25) is 5.91 Å². The van der Waals surface area contributed by atoms with Gasteiger partial charge in [-0.05, 0) is 44.4 Å². The van der Waals surface area contributed by atoms with Gasteiger partial charge in [0.25, 0.3) is 0 Å². The van der Waals surface area contributed by atoms with Crippen molar-refractivity contribution >= 4 is 5.91 Å². The highest BCUT2D eigenvalue weighted by Gasteiger charge is 2.35. The SMILES string of the molecule is CC(C)[C@@H]1CCCCN1C(=O)[C@@H]1CC[C@H](N)C1. The number of rotatable bonds is 2. The number of likely N-dealkylation sites (tertiary alicyclic amines) is 1. The molecule has 3 atom stereocenters. The van der Waals surface area contributed by atoms with Gasteiger partial charge in [-0.25, -0.2) is 0 Å². The molecule has 0 bridgehead atoms. The number of piperidine rings is 1. The standard InChI is InChI=1S/C14H26N2O/c1-10(2)13-5-3-4-8-16(13)14(17)11-6-7-12(15)9-11/h10-13H,3-9,15H2,1-2H3/t11-,12+,13+/m1/s1. The molecule has 0 radical (unpaired) electrons. The van der Waals surface area contributed by atoms with Crippen LogP contribution in [0.5, 0.6) is 0 Å². The molecule has 1 saturated heterocycles. The molecular weight excluding hydrogens is 212 g/mol. The lowest BCUT2D eigenvalue weighted by Crippen LogP contribution is -2.48. The van der Waals surface area contributed by atoms with E-state index in [0.29, 0.717) is 17.9 Å². The summed E-state index contributed by atoms with van der Waals surface area (Å²) < 4.78 is 0. The van der Waals surface area contributed by atoms with Crippen LogP contribution in [0, 0.1) is 11.8 Å². The monoisotopic (exact) mass is 238 g/mol. The quantitative estimate of drug-likeness (QED) is 0.801. The average Bonchev–Trinajstić information content (AvgIpc) is 2.75. The first-order valence-corrected chi connectivity index (χ1v) is 7.15. The largest absolute Gasteiger partial charge is 0.339 e. The van der Waals surface area contributed by atoms with E-state index in [1.807, 2.05) is 0 Å². The number of nitrogens with zero attached hydrogens (tertiary/aromatic N) is 1. The summed E-state index contributed by atoms with van der Waals surface area (Å²) in [6.45, 7) is 5.43. The summed E-state index contributed by atoms with van der Waals surface area (Å²) >= 11 is 0. The summed E-state index contributed by atoms with van der Waals surface area (Å²) in [6, 6.07) is 0.722. The van der Waals surface area contributed by atoms with Gasteiger partial charge in [-0.3, -0.25) is 4.79 Å². The van der Waals surface area contributed by atoms with Crippen molar-refractivity contribution in [2.24, 2.45) is 17.6 Å². The van der Waals surface area contributed by atoms with E-state index in [4.69, 9.17) is 5.73 Å². The van der Waals surface area contributed by atoms with Crippen molar-refractivity contribution in [2.75, 3.05) is 6.54 Å². The molecular formula is C14H26N2O. The number of amides is 1. The molecule has 1 heterocycles. The summed E-state index contributed by atoms with van der Waals surface area (Å²) in [6.07, 6.45) is 6.56. The summed E-state index contributed by atoms with van der Waals surface area (Å²) in [5.74, 6) is 1.18. The molecule has 1 saturated carbocycles. The summed E-state index contributed by atoms with van der Waals surface area (Å²) in [5, 5.41) is 0. The van der Waals surface area contributed by atoms with Gasteiger partial charge < -0.3 is 10.6 Å². The molecule has 2 N–H and O–H groups in total. The molecule has 0 spiro atoms. The smallest absolute Gasteiger partial charge is 0.225 e. The third kappa shape index (κ3) is 2.82. The Hall–Kier alpha value is -0.570. The predicted molar refractivity (Wildman–Crippen MR) is 69.5 cm³/mol. The van der Waals surface area contributed by atoms with E-state index in [-0.39, 0.29) is 12.0 Å². The zero-order chi connectivity index (χ0) is 12.4. The van der Waals surface area contributed by atoms with E-state index in [2.05, 4.69) is 18.7 Å². The number of carbonyl (C=O) groups is 1. The van der Waals surface area contributed by atoms with Crippen LogP contribution in [0.2, 0.25) is 0 Å². The number of carbonyl (C=O) groups excluding carboxylic acids is 1. The Bertz CT molecular complexity index is 277. The molecule has 2 rings (SSSR count). The lowest BCUT2D eigenvalue weighted by atomic mass is 9.91. The Morgan fingerprint density at radius 1 is 1.24 bits per heavy atom. The highest BCUT2D eigenvalue weighted by Crippen LogP contribution is 2.30. The molecule has 0 unspecified atom stereocenters. The average molecular weight is 238 g/mol. The van der Waals surface area contributed by atoms with Crippen molar-refractivity contribution in [2.45, 2.75) is 64.5 Å². The Balaban J connectivity index is 2.01. The maximum absolute atomic E-state index is 12.5. The molecule has 3 heteroatoms. The summed E-state index contributed by atoms with van der Waals surface area (Å²) in [5.41, 5.74) is 5.92. The fourth-order valence-corrected chi connectivity index (χ4v) is 3.40. The minimum Gasteiger partial charge on any atom is -0.339 e. The minimum atomic E-state index is 0.212. The van der Waals surface area contributed by atoms with E-state index >= 15 is 0 Å². The van der Waals surface area contributed by atoms with Crippen LogP contribution in [0.1, 0.15) is 52.4 Å². The van der Waals surface area contributed by atoms with Crippen molar-refractivity contribution in [3.63, 3.8) is 0 Å². The second kappa shape index (κ2) is 5.38. The van der Waals surface area contributed by atoms with Gasteiger partial charge in [0.1, 0.15) is 0 Å². The third-order valence-corrected chi connectivity index (χ3v) is 4.42. The van der Waals surface area contributed by atoms with Crippen LogP contribution in [-0.4, -0.2) is 29.4 Å². The second-order valence-electron chi connectivity index (χ2n) is 6.11. The van der Waals surface area contributed by atoms with Crippen LogP contribution >= 0.6 is 0 Å². The fraction of sp³-hybridized carbons (Fsp3) is 0.929. The van der Waals surface area contributed by atoms with Gasteiger partial charge in [-0.2, -0.15) is 0 Å². The predicted octanol–water partition coefficient (Wildman–Crippen LogP) is 2.15. The molecule has 1 aliphatic carbocycles. The topological polar surface area (TPSA) is 46.3 Å². The molecule has 17 heavy (non-hydrogen) atoms. The van der Waals surface area contributed by atoms with Crippen LogP contribution in [0.25, 0.3) is 0 Å². The molecule has 2 fully saturated rings. The van der Waals surface area contributed by atoms with Crippen molar-refractivity contribution in [1.29, 1.82) is 0 Å². The number of nitrogens with two attached hydrogens (primary N) is 1. The van der Waals surface area contributed by atoms with Crippen molar-refractivity contribution in [3.8, 4) is 0 Å². The van der Waals surface area contributed by atoms with Gasteiger partial charge in [-0.15, -0.1) is 0 Å². The molecule has 0 aromatic rings. The minimum absolute atomic E-state index is 0.212. The number of hydrogen-bond acceptors (Lipinski definition) is 2. The molecule has 2 aliphatic rings. The van der Waals surface area contributed by atoms with Gasteiger partial charge >= 0.3 is 0 Å². The zero-order valence-corrected chi connectivity index (χ0v) is 11.2. The highest BCUT2D eigenvalue weighted by molar-refractivity contribution is 5.79. The zero-order valence-electron chi connectivity index (χ0n) is 11.2. The van der Waals surface area contributed by atoms with Gasteiger partial charge in [0.05, 0.1) is 0 Å². The first-order chi connectivity index (χ1) is 8.09. The Morgan fingerprint density at radius 2 is 2.00 bits per heavy atom. The Labute approximate surface area is 105 Å². The maximum atomic E-state index is 12.5. The lowest BCUT2D eigenvalue weighted by Gasteiger charge is -2.39. The van der Waals surface area contributed by atoms with E-state index < -0.39 is 0 Å². The van der Waals surface area contributed by atoms with Crippen molar-refractivity contribution in [1.82, 2.24) is 4.90 Å². The molecule has 1 amide bonds. The van der Waals surface area contributed by atoms with E-state index in [9.17, 15) is 4.79 Å². The van der Waals surface area contributed by atoms with Crippen LogP contribution in [0.3, 0.4) is 0 Å². The van der Waals surface area contributed by atoms with Crippen LogP contribution in [0.4, 0.5) is 0 Å². The maximum Gasteiger partial charge on any atom is 0.225 e. The molecule has 98 valence electrons. The first-order valence-electron chi connectivity index (χ1n) is 7.15. The molecule has 3 nitrogen and oxygen atoms in total. The van der Waals surface area contributed by atoms with Gasteiger partial charge in [0.15, 0.2) is 0 Å². The highest BCUT2D eigenvalue weighted by atomic mass is 16.2. The first kappa shape index (κ1) is 12.9. The number of hydrogen-bond donors (Lipinski definition) is 1. The van der Waals surface area contributed by atoms with Crippen LogP contribution in [0.15, 0.2) is 0 Å². The second-order valence-corrected chi connectivity index (χ2v) is 6.11. The van der Waals surface area contributed by atoms with E-state index in [1.54, 1.807) is 0 Å². The van der Waals surface area contributed by atoms with Crippen LogP contribution in [-0.2, 0) is 4.79 Å². The lowest BCUT2D eigenvalue weighted by molar-refractivity contribution is -0.140. The molecule has 1 aliphatic heterocycles. The third-order valence-electron chi connectivity index (χ3n) is 4.42. The van der Waals surface area contributed by atoms with E-state index in [1.165, 1.54) is 19.3 Å². The van der Waals surface area contributed by atoms with Gasteiger partial charge in [0, 0.05) is 24.5 Å².